The fourth-order valence-electron chi connectivity index (χ4n) is 2.55. The molecule has 2 aromatic carbocycles. The highest BCUT2D eigenvalue weighted by Crippen LogP contribution is 2.38. The number of alkyl halides is 2. The average molecular weight is 440 g/mol. The first-order valence-corrected chi connectivity index (χ1v) is 8.82. The molecule has 0 aliphatic rings. The number of ether oxygens (including phenoxy) is 1. The molecule has 0 bridgehead atoms. The summed E-state index contributed by atoms with van der Waals surface area (Å²) in [4.78, 5) is 0. The van der Waals surface area contributed by atoms with Crippen LogP contribution in [0, 0.1) is 48.4 Å². The molecule has 2 aromatic rings. The molecule has 162 valence electrons. The highest BCUT2D eigenvalue weighted by molar-refractivity contribution is 5.74. The van der Waals surface area contributed by atoms with Crippen LogP contribution in [0.15, 0.2) is 42.2 Å². The maximum Gasteiger partial charge on any atom is 0.432 e. The van der Waals surface area contributed by atoms with Gasteiger partial charge in [0.05, 0.1) is 0 Å². The highest BCUT2D eigenvalue weighted by atomic mass is 19.3. The van der Waals surface area contributed by atoms with E-state index in [0.29, 0.717) is 18.6 Å². The van der Waals surface area contributed by atoms with Crippen molar-refractivity contribution in [2.75, 3.05) is 0 Å². The van der Waals surface area contributed by atoms with Gasteiger partial charge in [0.25, 0.3) is 0 Å². The predicted octanol–water partition coefficient (Wildman–Crippen LogP) is 6.96. The van der Waals surface area contributed by atoms with Gasteiger partial charge in [0.2, 0.25) is 0 Å². The zero-order chi connectivity index (χ0) is 23.3. The Balaban J connectivity index is 2.56. The second-order valence-electron chi connectivity index (χ2n) is 6.22. The van der Waals surface area contributed by atoms with Crippen LogP contribution >= 0.6 is 0 Å². The average Bonchev–Trinajstić information content (AvgIpc) is 2.69. The number of terminal acetylenes is 1. The van der Waals surface area contributed by atoms with E-state index in [1.54, 1.807) is 13.0 Å². The third kappa shape index (κ3) is 5.19. The maximum absolute atomic E-state index is 14.5. The summed E-state index contributed by atoms with van der Waals surface area (Å²) in [5.74, 6) is -7.81. The Morgan fingerprint density at radius 1 is 1.03 bits per heavy atom. The summed E-state index contributed by atoms with van der Waals surface area (Å²) in [6, 6.07) is 1.38. The Morgan fingerprint density at radius 2 is 1.65 bits per heavy atom. The molecule has 2 rings (SSSR count). The van der Waals surface area contributed by atoms with E-state index < -0.39 is 52.1 Å². The van der Waals surface area contributed by atoms with Crippen molar-refractivity contribution in [1.82, 2.24) is 0 Å². The number of halogens is 7. The molecule has 1 nitrogen and oxygen atoms in total. The molecule has 0 aromatic heterocycles. The molecule has 0 aliphatic carbocycles. The first-order chi connectivity index (χ1) is 14.5. The Labute approximate surface area is 174 Å². The Kier molecular flexibility index (Phi) is 7.37. The molecule has 0 spiro atoms. The van der Waals surface area contributed by atoms with Crippen LogP contribution in [0.1, 0.15) is 30.0 Å². The van der Waals surface area contributed by atoms with Gasteiger partial charge in [-0.15, -0.1) is 12.2 Å². The number of allylic oxidation sites excluding steroid dienone is 3. The number of rotatable bonds is 6. The smallest absolute Gasteiger partial charge is 0.428 e. The number of hydrogen-bond donors (Lipinski definition) is 0. The molecule has 8 heteroatoms. The summed E-state index contributed by atoms with van der Waals surface area (Å²) < 4.78 is 102. The summed E-state index contributed by atoms with van der Waals surface area (Å²) in [5.41, 5.74) is -0.00249. The van der Waals surface area contributed by atoms with E-state index in [4.69, 9.17) is 6.42 Å². The molecule has 0 saturated heterocycles. The van der Waals surface area contributed by atoms with Gasteiger partial charge in [-0.1, -0.05) is 25.0 Å². The van der Waals surface area contributed by atoms with Crippen LogP contribution in [0.25, 0.3) is 5.57 Å². The van der Waals surface area contributed by atoms with Crippen molar-refractivity contribution < 1.29 is 35.5 Å². The molecule has 0 heterocycles. The van der Waals surface area contributed by atoms with Gasteiger partial charge < -0.3 is 4.74 Å². The van der Waals surface area contributed by atoms with Crippen LogP contribution in [0.4, 0.5) is 30.7 Å². The van der Waals surface area contributed by atoms with E-state index in [1.807, 2.05) is 0 Å². The van der Waals surface area contributed by atoms with Crippen LogP contribution in [0.5, 0.6) is 5.75 Å². The minimum absolute atomic E-state index is 0.131. The summed E-state index contributed by atoms with van der Waals surface area (Å²) >= 11 is 0. The topological polar surface area (TPSA) is 9.23 Å². The molecule has 0 saturated carbocycles. The van der Waals surface area contributed by atoms with Crippen molar-refractivity contribution >= 4 is 5.57 Å². The van der Waals surface area contributed by atoms with Gasteiger partial charge in [-0.25, -0.2) is 22.0 Å². The van der Waals surface area contributed by atoms with E-state index in [2.05, 4.69) is 16.4 Å². The standard InChI is InChI=1S/C23H15F7O/c1-4-6-8-14(9-7-5-2)15-10-16(24)20(17(25)11-15)23(29,30)31-19-12-18(26)22(28)21(27)13(19)3/h1,6-7,9-12H,5H2,2-3H3/b9-7-. The van der Waals surface area contributed by atoms with Crippen LogP contribution in [0.3, 0.4) is 0 Å². The zero-order valence-electron chi connectivity index (χ0n) is 16.3. The SMILES string of the molecule is C#CC=C=C(/C=C\CC)c1cc(F)c(C(F)(F)Oc2cc(F)c(F)c(F)c2C)c(F)c1. The lowest BCUT2D eigenvalue weighted by Gasteiger charge is -2.21. The minimum atomic E-state index is -4.67. The van der Waals surface area contributed by atoms with E-state index in [9.17, 15) is 30.7 Å². The lowest BCUT2D eigenvalue weighted by atomic mass is 10.0. The van der Waals surface area contributed by atoms with Gasteiger partial charge in [0, 0.05) is 23.3 Å². The lowest BCUT2D eigenvalue weighted by molar-refractivity contribution is -0.190. The molecule has 0 aliphatic heterocycles. The van der Waals surface area contributed by atoms with E-state index in [-0.39, 0.29) is 17.2 Å². The van der Waals surface area contributed by atoms with Crippen molar-refractivity contribution in [3.05, 3.63) is 87.9 Å². The molecule has 0 amide bonds. The molecular weight excluding hydrogens is 425 g/mol. The van der Waals surface area contributed by atoms with Crippen LogP contribution in [0.2, 0.25) is 0 Å². The van der Waals surface area contributed by atoms with Gasteiger partial charge >= 0.3 is 6.11 Å². The fourth-order valence-corrected chi connectivity index (χ4v) is 2.55. The van der Waals surface area contributed by atoms with Gasteiger partial charge in [0.1, 0.15) is 22.9 Å². The number of hydrogen-bond acceptors (Lipinski definition) is 1. The van der Waals surface area contributed by atoms with E-state index in [1.165, 1.54) is 6.08 Å². The Hall–Kier alpha value is -3.43. The predicted molar refractivity (Wildman–Crippen MR) is 102 cm³/mol. The van der Waals surface area contributed by atoms with Crippen molar-refractivity contribution in [2.45, 2.75) is 26.4 Å². The molecule has 0 unspecified atom stereocenters. The molecule has 0 radical (unpaired) electrons. The van der Waals surface area contributed by atoms with Gasteiger partial charge in [0.15, 0.2) is 17.5 Å². The van der Waals surface area contributed by atoms with Crippen LogP contribution in [-0.2, 0) is 6.11 Å². The van der Waals surface area contributed by atoms with E-state index in [0.717, 1.165) is 13.0 Å². The highest BCUT2D eigenvalue weighted by Gasteiger charge is 2.42. The molecule has 0 N–H and O–H groups in total. The van der Waals surface area contributed by atoms with E-state index >= 15 is 0 Å². The fraction of sp³-hybridized carbons (Fsp3) is 0.174. The molecule has 0 fully saturated rings. The van der Waals surface area contributed by atoms with Gasteiger partial charge in [-0.2, -0.15) is 8.78 Å². The first kappa shape index (κ1) is 23.8. The second-order valence-corrected chi connectivity index (χ2v) is 6.22. The van der Waals surface area contributed by atoms with Crippen molar-refractivity contribution in [1.29, 1.82) is 0 Å². The summed E-state index contributed by atoms with van der Waals surface area (Å²) in [6.07, 6.45) is 5.21. The van der Waals surface area contributed by atoms with Crippen LogP contribution in [-0.4, -0.2) is 0 Å². The Morgan fingerprint density at radius 3 is 2.19 bits per heavy atom. The van der Waals surface area contributed by atoms with Crippen molar-refractivity contribution in [3.63, 3.8) is 0 Å². The van der Waals surface area contributed by atoms with Gasteiger partial charge in [-0.3, -0.25) is 0 Å². The molecular formula is C23H15F7O. The lowest BCUT2D eigenvalue weighted by Crippen LogP contribution is -2.26. The molecule has 0 atom stereocenters. The second kappa shape index (κ2) is 9.59. The monoisotopic (exact) mass is 440 g/mol. The quantitative estimate of drug-likeness (QED) is 0.155. The maximum atomic E-state index is 14.5. The Bertz CT molecular complexity index is 1110. The third-order valence-electron chi connectivity index (χ3n) is 4.07. The largest absolute Gasteiger partial charge is 0.432 e. The summed E-state index contributed by atoms with van der Waals surface area (Å²) in [5, 5.41) is 0. The first-order valence-electron chi connectivity index (χ1n) is 8.82. The zero-order valence-corrected chi connectivity index (χ0v) is 16.3. The van der Waals surface area contributed by atoms with Gasteiger partial charge in [-0.05, 0) is 31.0 Å². The van der Waals surface area contributed by atoms with Crippen molar-refractivity contribution in [3.8, 4) is 18.1 Å². The van der Waals surface area contributed by atoms with Crippen molar-refractivity contribution in [2.24, 2.45) is 0 Å². The summed E-state index contributed by atoms with van der Waals surface area (Å²) in [6.45, 7) is 2.64. The minimum Gasteiger partial charge on any atom is -0.428 e. The third-order valence-corrected chi connectivity index (χ3v) is 4.07. The van der Waals surface area contributed by atoms with Crippen LogP contribution < -0.4 is 4.74 Å². The summed E-state index contributed by atoms with van der Waals surface area (Å²) in [7, 11) is 0. The number of benzene rings is 2. The molecule has 31 heavy (non-hydrogen) atoms. The normalized spacial score (nSPS) is 11.2.